The van der Waals surface area contributed by atoms with Gasteiger partial charge in [0, 0.05) is 24.0 Å². The Morgan fingerprint density at radius 2 is 2.00 bits per heavy atom. The van der Waals surface area contributed by atoms with Gasteiger partial charge in [-0.1, -0.05) is 0 Å². The van der Waals surface area contributed by atoms with E-state index in [0.717, 1.165) is 42.6 Å². The normalized spacial score (nSPS) is 11.9. The molecule has 0 bridgehead atoms. The molecule has 174 valence electrons. The molecule has 32 heavy (non-hydrogen) atoms. The van der Waals surface area contributed by atoms with Crippen LogP contribution < -0.4 is 15.6 Å². The maximum atomic E-state index is 12.9. The molecule has 0 radical (unpaired) electrons. The van der Waals surface area contributed by atoms with Crippen molar-refractivity contribution in [3.05, 3.63) is 34.9 Å². The summed E-state index contributed by atoms with van der Waals surface area (Å²) in [5, 5.41) is 3.64. The van der Waals surface area contributed by atoms with E-state index in [-0.39, 0.29) is 5.56 Å². The van der Waals surface area contributed by atoms with E-state index in [9.17, 15) is 9.59 Å². The number of aryl methyl sites for hydroxylation is 1. The van der Waals surface area contributed by atoms with Crippen molar-refractivity contribution < 1.29 is 14.3 Å². The summed E-state index contributed by atoms with van der Waals surface area (Å²) in [4.78, 5) is 34.4. The fourth-order valence-electron chi connectivity index (χ4n) is 3.53. The predicted octanol–water partition coefficient (Wildman–Crippen LogP) is 3.12. The average Bonchev–Trinajstić information content (AvgIpc) is 3.10. The van der Waals surface area contributed by atoms with E-state index in [4.69, 9.17) is 9.47 Å². The highest BCUT2D eigenvalue weighted by molar-refractivity contribution is 6.04. The lowest BCUT2D eigenvalue weighted by atomic mass is 10.2. The van der Waals surface area contributed by atoms with E-state index < -0.39 is 11.7 Å². The molecule has 2 heterocycles. The van der Waals surface area contributed by atoms with Crippen LogP contribution in [0.25, 0.3) is 21.9 Å². The van der Waals surface area contributed by atoms with Gasteiger partial charge in [0.05, 0.1) is 13.4 Å². The monoisotopic (exact) mass is 443 g/mol. The number of aromatic nitrogens is 3. The van der Waals surface area contributed by atoms with Gasteiger partial charge in [0.15, 0.2) is 0 Å². The van der Waals surface area contributed by atoms with Crippen LogP contribution in [0, 0.1) is 0 Å². The standard InChI is InChI=1S/C23H33N5O4/c1-23(2,3)32-22(30)24-10-6-11-27(4)12-7-13-28-15-25-19-17-14-16(31-5)8-9-18(17)26-20(19)21(28)29/h8-9,14-15,26H,6-7,10-13H2,1-5H3,(H,24,30). The molecule has 0 aliphatic heterocycles. The van der Waals surface area contributed by atoms with Crippen molar-refractivity contribution >= 4 is 28.0 Å². The van der Waals surface area contributed by atoms with Gasteiger partial charge >= 0.3 is 6.09 Å². The van der Waals surface area contributed by atoms with Crippen LogP contribution in [0.3, 0.4) is 0 Å². The van der Waals surface area contributed by atoms with Crippen LogP contribution >= 0.6 is 0 Å². The summed E-state index contributed by atoms with van der Waals surface area (Å²) < 4.78 is 12.1. The Morgan fingerprint density at radius 1 is 1.25 bits per heavy atom. The van der Waals surface area contributed by atoms with Crippen molar-refractivity contribution in [1.29, 1.82) is 0 Å². The number of alkyl carbamates (subject to hydrolysis) is 1. The Bertz CT molecular complexity index is 1130. The Hall–Kier alpha value is -3.07. The van der Waals surface area contributed by atoms with Gasteiger partial charge in [0.25, 0.3) is 5.56 Å². The molecule has 0 unspecified atom stereocenters. The van der Waals surface area contributed by atoms with Crippen molar-refractivity contribution in [3.63, 3.8) is 0 Å². The summed E-state index contributed by atoms with van der Waals surface area (Å²) in [6.07, 6.45) is 2.86. The predicted molar refractivity (Wildman–Crippen MR) is 125 cm³/mol. The molecule has 3 rings (SSSR count). The zero-order chi connectivity index (χ0) is 23.3. The summed E-state index contributed by atoms with van der Waals surface area (Å²) >= 11 is 0. The molecule has 2 N–H and O–H groups in total. The second-order valence-corrected chi connectivity index (χ2v) is 8.94. The number of aromatic amines is 1. The fourth-order valence-corrected chi connectivity index (χ4v) is 3.53. The van der Waals surface area contributed by atoms with E-state index in [1.165, 1.54) is 0 Å². The van der Waals surface area contributed by atoms with Crippen molar-refractivity contribution in [2.24, 2.45) is 0 Å². The van der Waals surface area contributed by atoms with E-state index in [1.807, 2.05) is 46.0 Å². The fraction of sp³-hybridized carbons (Fsp3) is 0.522. The third kappa shape index (κ3) is 6.00. The van der Waals surface area contributed by atoms with Crippen LogP contribution in [0.15, 0.2) is 29.3 Å². The van der Waals surface area contributed by atoms with Crippen LogP contribution in [-0.2, 0) is 11.3 Å². The number of H-pyrrole nitrogens is 1. The van der Waals surface area contributed by atoms with E-state index in [0.29, 0.717) is 24.1 Å². The molecule has 0 atom stereocenters. The van der Waals surface area contributed by atoms with Gasteiger partial charge in [-0.15, -0.1) is 0 Å². The summed E-state index contributed by atoms with van der Waals surface area (Å²) in [7, 11) is 3.65. The van der Waals surface area contributed by atoms with Gasteiger partial charge in [0.2, 0.25) is 0 Å². The molecule has 1 aromatic carbocycles. The molecule has 0 saturated heterocycles. The van der Waals surface area contributed by atoms with Crippen molar-refractivity contribution in [2.75, 3.05) is 33.8 Å². The number of fused-ring (bicyclic) bond motifs is 3. The van der Waals surface area contributed by atoms with Gasteiger partial charge in [-0.2, -0.15) is 0 Å². The molecule has 2 aromatic heterocycles. The van der Waals surface area contributed by atoms with Crippen LogP contribution in [0.2, 0.25) is 0 Å². The second kappa shape index (κ2) is 10.0. The van der Waals surface area contributed by atoms with Gasteiger partial charge in [0.1, 0.15) is 22.4 Å². The first-order chi connectivity index (χ1) is 15.2. The third-order valence-corrected chi connectivity index (χ3v) is 5.10. The number of rotatable bonds is 9. The summed E-state index contributed by atoms with van der Waals surface area (Å²) in [5.41, 5.74) is 1.47. The SMILES string of the molecule is COc1ccc2[nH]c3c(=O)n(CCCN(C)CCCNC(=O)OC(C)(C)C)cnc3c2c1. The first-order valence-electron chi connectivity index (χ1n) is 10.9. The summed E-state index contributed by atoms with van der Waals surface area (Å²) in [5.74, 6) is 0.730. The third-order valence-electron chi connectivity index (χ3n) is 5.10. The number of nitrogens with one attached hydrogen (secondary N) is 2. The number of methoxy groups -OCH3 is 1. The number of amides is 1. The van der Waals surface area contributed by atoms with Gasteiger partial charge in [-0.3, -0.25) is 9.36 Å². The molecular weight excluding hydrogens is 410 g/mol. The Labute approximate surface area is 187 Å². The zero-order valence-corrected chi connectivity index (χ0v) is 19.5. The van der Waals surface area contributed by atoms with E-state index >= 15 is 0 Å². The maximum absolute atomic E-state index is 12.9. The Morgan fingerprint density at radius 3 is 2.72 bits per heavy atom. The molecular formula is C23H33N5O4. The lowest BCUT2D eigenvalue weighted by Gasteiger charge is -2.20. The average molecular weight is 444 g/mol. The lowest BCUT2D eigenvalue weighted by Crippen LogP contribution is -2.34. The van der Waals surface area contributed by atoms with Crippen LogP contribution in [-0.4, -0.2) is 64.9 Å². The highest BCUT2D eigenvalue weighted by Crippen LogP contribution is 2.25. The van der Waals surface area contributed by atoms with Crippen molar-refractivity contribution in [3.8, 4) is 5.75 Å². The number of ether oxygens (including phenoxy) is 2. The minimum Gasteiger partial charge on any atom is -0.497 e. The first kappa shape index (κ1) is 23.6. The quantitative estimate of drug-likeness (QED) is 0.493. The topological polar surface area (TPSA) is 101 Å². The van der Waals surface area contributed by atoms with Crippen LogP contribution in [0.4, 0.5) is 4.79 Å². The van der Waals surface area contributed by atoms with Gasteiger partial charge in [-0.25, -0.2) is 9.78 Å². The number of carbonyl (C=O) groups excluding carboxylic acids is 1. The molecule has 0 saturated carbocycles. The molecule has 9 nitrogen and oxygen atoms in total. The molecule has 9 heteroatoms. The number of carbonyl (C=O) groups is 1. The van der Waals surface area contributed by atoms with E-state index in [1.54, 1.807) is 18.0 Å². The molecule has 0 aliphatic rings. The minimum atomic E-state index is -0.490. The van der Waals surface area contributed by atoms with E-state index in [2.05, 4.69) is 20.2 Å². The molecule has 0 aliphatic carbocycles. The van der Waals surface area contributed by atoms with Crippen LogP contribution in [0.5, 0.6) is 5.75 Å². The highest BCUT2D eigenvalue weighted by atomic mass is 16.6. The van der Waals surface area contributed by atoms with Gasteiger partial charge < -0.3 is 24.7 Å². The molecule has 1 amide bonds. The van der Waals surface area contributed by atoms with Crippen LogP contribution in [0.1, 0.15) is 33.6 Å². The number of benzene rings is 1. The molecule has 0 spiro atoms. The maximum Gasteiger partial charge on any atom is 0.407 e. The zero-order valence-electron chi connectivity index (χ0n) is 19.5. The van der Waals surface area contributed by atoms with Crippen molar-refractivity contribution in [2.45, 2.75) is 45.8 Å². The largest absolute Gasteiger partial charge is 0.497 e. The Kier molecular flexibility index (Phi) is 7.40. The van der Waals surface area contributed by atoms with Crippen molar-refractivity contribution in [1.82, 2.24) is 24.8 Å². The highest BCUT2D eigenvalue weighted by Gasteiger charge is 2.15. The molecule has 3 aromatic rings. The first-order valence-corrected chi connectivity index (χ1v) is 10.9. The number of nitrogens with zero attached hydrogens (tertiary/aromatic N) is 3. The summed E-state index contributed by atoms with van der Waals surface area (Å²) in [6, 6.07) is 5.64. The molecule has 0 fully saturated rings. The second-order valence-electron chi connectivity index (χ2n) is 8.94. The smallest absolute Gasteiger partial charge is 0.407 e. The summed E-state index contributed by atoms with van der Waals surface area (Å²) in [6.45, 7) is 8.34. The minimum absolute atomic E-state index is 0.0746. The Balaban J connectivity index is 1.49. The number of hydrogen-bond donors (Lipinski definition) is 2. The lowest BCUT2D eigenvalue weighted by molar-refractivity contribution is 0.0526. The van der Waals surface area contributed by atoms with Gasteiger partial charge in [-0.05, 0) is 71.9 Å². The number of hydrogen-bond acceptors (Lipinski definition) is 6.